The summed E-state index contributed by atoms with van der Waals surface area (Å²) in [6, 6.07) is 6.31. The third-order valence-electron chi connectivity index (χ3n) is 15.1. The number of likely N-dealkylation sites (N-methyl/N-ethyl adjacent to an activating group) is 2. The summed E-state index contributed by atoms with van der Waals surface area (Å²) in [5.74, 6) is -2.00. The van der Waals surface area contributed by atoms with Crippen LogP contribution in [0.4, 0.5) is 5.69 Å². The quantitative estimate of drug-likeness (QED) is 0.0853. The highest BCUT2D eigenvalue weighted by atomic mass is 16.7. The van der Waals surface area contributed by atoms with Crippen LogP contribution in [0.5, 0.6) is 5.75 Å². The van der Waals surface area contributed by atoms with Gasteiger partial charge in [0, 0.05) is 75.9 Å². The predicted octanol–water partition coefficient (Wildman–Crippen LogP) is 3.16. The Morgan fingerprint density at radius 3 is 2.30 bits per heavy atom. The third kappa shape index (κ3) is 14.1. The maximum atomic E-state index is 14.5. The Labute approximate surface area is 409 Å². The van der Waals surface area contributed by atoms with E-state index < -0.39 is 102 Å². The van der Waals surface area contributed by atoms with Gasteiger partial charge in [-0.1, -0.05) is 26.0 Å². The SMILES string of the molecule is CC[C@H]1OC(=O)[C@H](C)[C@@H](O[C@H]2C[C@@](C)(OC)[C@@H](O)[C@H](C)O2)[C@H](C)[C@@H](O[C@@H]2O[C@H](C)C[C@H](N(C)CCc3cn(CCCOc4ccc(N)cc4)nn3)[C@H]2O)[C@](C)(O)C[C@@H](C)CN(C)[C@H](C)[C@@H](O)[C@]1(C)O. The van der Waals surface area contributed by atoms with Gasteiger partial charge in [0.1, 0.15) is 35.8 Å². The summed E-state index contributed by atoms with van der Waals surface area (Å²) in [4.78, 5) is 18.4. The van der Waals surface area contributed by atoms with Gasteiger partial charge >= 0.3 is 5.97 Å². The molecule has 3 saturated heterocycles. The van der Waals surface area contributed by atoms with Gasteiger partial charge < -0.3 is 74.2 Å². The zero-order valence-electron chi connectivity index (χ0n) is 43.4. The van der Waals surface area contributed by atoms with E-state index in [9.17, 15) is 30.3 Å². The molecule has 394 valence electrons. The van der Waals surface area contributed by atoms with Gasteiger partial charge in [-0.2, -0.15) is 0 Å². The molecule has 18 atom stereocenters. The predicted molar refractivity (Wildman–Crippen MR) is 258 cm³/mol. The molecule has 0 saturated carbocycles. The molecule has 7 N–H and O–H groups in total. The van der Waals surface area contributed by atoms with E-state index in [0.717, 1.165) is 17.9 Å². The number of nitrogen functional groups attached to an aromatic ring is 1. The van der Waals surface area contributed by atoms with Gasteiger partial charge in [-0.05, 0) is 112 Å². The van der Waals surface area contributed by atoms with E-state index in [-0.39, 0.29) is 31.3 Å². The van der Waals surface area contributed by atoms with Crippen LogP contribution in [0.3, 0.4) is 0 Å². The van der Waals surface area contributed by atoms with Gasteiger partial charge in [-0.15, -0.1) is 5.10 Å². The van der Waals surface area contributed by atoms with E-state index >= 15 is 0 Å². The minimum Gasteiger partial charge on any atom is -0.494 e. The lowest BCUT2D eigenvalue weighted by Crippen LogP contribution is -2.61. The van der Waals surface area contributed by atoms with Crippen molar-refractivity contribution < 1.29 is 63.5 Å². The van der Waals surface area contributed by atoms with Crippen molar-refractivity contribution in [3.05, 3.63) is 36.2 Å². The van der Waals surface area contributed by atoms with Crippen molar-refractivity contribution in [2.24, 2.45) is 17.8 Å². The van der Waals surface area contributed by atoms with Crippen LogP contribution in [0.2, 0.25) is 0 Å². The van der Waals surface area contributed by atoms with Crippen LogP contribution >= 0.6 is 0 Å². The number of aliphatic hydroxyl groups is 5. The molecule has 3 aliphatic rings. The van der Waals surface area contributed by atoms with E-state index in [1.165, 1.54) is 14.0 Å². The Bertz CT molecular complexity index is 1890. The standard InChI is InChI=1S/C50H86N6O13/c1-14-39-50(10,62)43(58)33(6)55(12)27-29(2)25-48(8,61)45(31(4)42(32(5)46(60)67-39)68-40-26-49(9,63-13)44(59)34(7)66-40)69-47-41(57)38(24-30(3)65-47)54(11)22-20-36-28-56(53-52-36)21-15-23-64-37-18-16-35(51)17-19-37/h16-19,28-34,38-45,47,57-59,61-62H,14-15,20-27,51H2,1-13H3/t29-,30-,31+,32-,33-,34+,38+,39-,40+,41-,42+,43-,44+,45-,47+,48-,49-,50-/m1/s1. The second-order valence-corrected chi connectivity index (χ2v) is 21.2. The molecule has 0 radical (unpaired) electrons. The number of methoxy groups -OCH3 is 1. The van der Waals surface area contributed by atoms with Crippen molar-refractivity contribution in [2.75, 3.05) is 46.6 Å². The van der Waals surface area contributed by atoms with Crippen LogP contribution in [0.15, 0.2) is 30.5 Å². The summed E-state index contributed by atoms with van der Waals surface area (Å²) in [7, 11) is 5.29. The number of cyclic esters (lactones) is 1. The van der Waals surface area contributed by atoms with Crippen molar-refractivity contribution in [1.29, 1.82) is 0 Å². The van der Waals surface area contributed by atoms with E-state index in [0.29, 0.717) is 44.8 Å². The number of hydrogen-bond acceptors (Lipinski definition) is 18. The molecule has 3 fully saturated rings. The van der Waals surface area contributed by atoms with E-state index in [1.54, 1.807) is 58.4 Å². The molecule has 0 spiro atoms. The van der Waals surface area contributed by atoms with Gasteiger partial charge in [0.25, 0.3) is 0 Å². The number of aryl methyl sites for hydroxylation is 1. The number of esters is 1. The molecule has 0 amide bonds. The molecule has 19 heteroatoms. The number of benzene rings is 1. The maximum absolute atomic E-state index is 14.5. The monoisotopic (exact) mass is 979 g/mol. The highest BCUT2D eigenvalue weighted by Gasteiger charge is 2.53. The molecule has 0 unspecified atom stereocenters. The molecule has 1 aromatic heterocycles. The number of aromatic nitrogens is 3. The van der Waals surface area contributed by atoms with Crippen LogP contribution in [0.1, 0.15) is 107 Å². The lowest BCUT2D eigenvalue weighted by Gasteiger charge is -2.49. The first-order valence-corrected chi connectivity index (χ1v) is 25.0. The lowest BCUT2D eigenvalue weighted by atomic mass is 9.77. The molecule has 69 heavy (non-hydrogen) atoms. The van der Waals surface area contributed by atoms with E-state index in [1.807, 2.05) is 58.1 Å². The number of nitrogens with two attached hydrogens (primary N) is 1. The number of carbonyl (C=O) groups excluding carboxylic acids is 1. The summed E-state index contributed by atoms with van der Waals surface area (Å²) in [5, 5.41) is 68.3. The van der Waals surface area contributed by atoms with Gasteiger partial charge in [0.2, 0.25) is 0 Å². The Balaban J connectivity index is 1.40. The number of rotatable bonds is 15. The first-order valence-electron chi connectivity index (χ1n) is 25.0. The highest BCUT2D eigenvalue weighted by molar-refractivity contribution is 5.73. The third-order valence-corrected chi connectivity index (χ3v) is 15.1. The van der Waals surface area contributed by atoms with Gasteiger partial charge in [0.05, 0.1) is 53.8 Å². The van der Waals surface area contributed by atoms with Crippen molar-refractivity contribution in [1.82, 2.24) is 24.8 Å². The fourth-order valence-corrected chi connectivity index (χ4v) is 10.7. The number of carbonyl (C=O) groups is 1. The molecule has 1 aromatic carbocycles. The zero-order valence-corrected chi connectivity index (χ0v) is 43.4. The number of nitrogens with zero attached hydrogens (tertiary/aromatic N) is 5. The summed E-state index contributed by atoms with van der Waals surface area (Å²) >= 11 is 0. The first kappa shape index (κ1) is 56.9. The number of anilines is 1. The molecule has 2 aromatic rings. The van der Waals surface area contributed by atoms with Crippen molar-refractivity contribution in [3.63, 3.8) is 0 Å². The molecule has 19 nitrogen and oxygen atoms in total. The largest absolute Gasteiger partial charge is 0.494 e. The average molecular weight is 979 g/mol. The molecular formula is C50H86N6O13. The van der Waals surface area contributed by atoms with Crippen LogP contribution in [-0.2, 0) is 46.2 Å². The average Bonchev–Trinajstić information content (AvgIpc) is 3.76. The maximum Gasteiger partial charge on any atom is 0.311 e. The minimum absolute atomic E-state index is 0.105. The topological polar surface area (TPSA) is 246 Å². The molecule has 3 aliphatic heterocycles. The van der Waals surface area contributed by atoms with Crippen LogP contribution in [0.25, 0.3) is 0 Å². The second-order valence-electron chi connectivity index (χ2n) is 21.2. The van der Waals surface area contributed by atoms with Crippen LogP contribution in [-0.4, -0.2) is 187 Å². The Morgan fingerprint density at radius 1 is 0.971 bits per heavy atom. The van der Waals surface area contributed by atoms with Gasteiger partial charge in [-0.25, -0.2) is 0 Å². The van der Waals surface area contributed by atoms with Crippen molar-refractivity contribution in [2.45, 2.75) is 205 Å². The van der Waals surface area contributed by atoms with Crippen LogP contribution in [0, 0.1) is 17.8 Å². The van der Waals surface area contributed by atoms with Crippen LogP contribution < -0.4 is 10.5 Å². The smallest absolute Gasteiger partial charge is 0.311 e. The fourth-order valence-electron chi connectivity index (χ4n) is 10.7. The minimum atomic E-state index is -1.83. The zero-order chi connectivity index (χ0) is 51.2. The molecule has 4 heterocycles. The number of aliphatic hydroxyl groups excluding tert-OH is 3. The Morgan fingerprint density at radius 2 is 1.65 bits per heavy atom. The molecular weight excluding hydrogens is 893 g/mol. The van der Waals surface area contributed by atoms with Crippen molar-refractivity contribution in [3.8, 4) is 5.75 Å². The van der Waals surface area contributed by atoms with Gasteiger partial charge in [-0.3, -0.25) is 9.48 Å². The molecule has 0 aliphatic carbocycles. The number of hydrogen-bond donors (Lipinski definition) is 6. The van der Waals surface area contributed by atoms with E-state index in [2.05, 4.69) is 15.2 Å². The highest BCUT2D eigenvalue weighted by Crippen LogP contribution is 2.40. The summed E-state index contributed by atoms with van der Waals surface area (Å²) < 4.78 is 45.9. The Kier molecular flexibility index (Phi) is 19.9. The second kappa shape index (κ2) is 24.1. The lowest BCUT2D eigenvalue weighted by molar-refractivity contribution is -0.318. The number of ether oxygens (including phenoxy) is 7. The normalized spacial score (nSPS) is 40.2. The summed E-state index contributed by atoms with van der Waals surface area (Å²) in [5.41, 5.74) is 2.75. The summed E-state index contributed by atoms with van der Waals surface area (Å²) in [6.45, 7) is 19.7. The summed E-state index contributed by atoms with van der Waals surface area (Å²) in [6.07, 6.45) is -5.73. The Hall–Kier alpha value is -3.05. The van der Waals surface area contributed by atoms with Gasteiger partial charge in [0.15, 0.2) is 12.6 Å². The fraction of sp³-hybridized carbons (Fsp3) is 0.820. The van der Waals surface area contributed by atoms with Crippen molar-refractivity contribution >= 4 is 11.7 Å². The first-order chi connectivity index (χ1) is 32.3. The molecule has 0 bridgehead atoms. The van der Waals surface area contributed by atoms with E-state index in [4.69, 9.17) is 38.9 Å². The molecule has 5 rings (SSSR count).